The van der Waals surface area contributed by atoms with E-state index in [1.165, 1.54) is 67.7 Å². The molecule has 280 valence electrons. The third-order valence-electron chi connectivity index (χ3n) is 8.26. The molecule has 1 amide bonds. The smallest absolute Gasteiger partial charge is 0.417 e. The summed E-state index contributed by atoms with van der Waals surface area (Å²) in [4.78, 5) is 38.3. The number of rotatable bonds is 9. The fourth-order valence-electron chi connectivity index (χ4n) is 6.09. The molecular weight excluding hydrogens is 735 g/mol. The van der Waals surface area contributed by atoms with Crippen LogP contribution in [0.3, 0.4) is 0 Å². The number of fused-ring (bicyclic) bond motifs is 2. The predicted molar refractivity (Wildman–Crippen MR) is 170 cm³/mol. The summed E-state index contributed by atoms with van der Waals surface area (Å²) in [6.07, 6.45) is -16.1. The molecule has 1 aromatic heterocycles. The number of halogens is 11. The summed E-state index contributed by atoms with van der Waals surface area (Å²) < 4.78 is 153. The molecule has 0 saturated carbocycles. The Hall–Kier alpha value is -5.68. The topological polar surface area (TPSA) is 91.6 Å². The number of pyridine rings is 1. The van der Waals surface area contributed by atoms with Gasteiger partial charge in [0.15, 0.2) is 0 Å². The third-order valence-corrected chi connectivity index (χ3v) is 8.26. The maximum atomic E-state index is 15.0. The second-order valence-corrected chi connectivity index (χ2v) is 11.9. The van der Waals surface area contributed by atoms with Crippen molar-refractivity contribution in [2.45, 2.75) is 31.0 Å². The Labute approximate surface area is 290 Å². The maximum absolute atomic E-state index is 15.0. The van der Waals surface area contributed by atoms with E-state index in [4.69, 9.17) is 0 Å². The molecule has 0 aliphatic heterocycles. The molecule has 1 atom stereocenters. The molecule has 4 aromatic carbocycles. The van der Waals surface area contributed by atoms with Crippen LogP contribution in [0.5, 0.6) is 0 Å². The molecule has 2 N–H and O–H groups in total. The van der Waals surface area contributed by atoms with Gasteiger partial charge in [-0.3, -0.25) is 9.59 Å². The lowest BCUT2D eigenvalue weighted by molar-refractivity contribution is -0.139. The fraction of sp³-hybridized carbons (Fsp3) is 0.229. The van der Waals surface area contributed by atoms with Crippen molar-refractivity contribution in [3.05, 3.63) is 111 Å². The lowest BCUT2D eigenvalue weighted by Crippen LogP contribution is -2.43. The first kappa shape index (κ1) is 38.5. The molecule has 0 aliphatic carbocycles. The summed E-state index contributed by atoms with van der Waals surface area (Å²) in [7, 11) is 1.30. The minimum Gasteiger partial charge on any atom is -0.480 e. The van der Waals surface area contributed by atoms with Crippen molar-refractivity contribution < 1.29 is 63.0 Å². The Morgan fingerprint density at radius 2 is 1.34 bits per heavy atom. The number of carboxylic acid groups (broad SMARTS) is 1. The number of benzene rings is 4. The number of hydrogen-bond donors (Lipinski definition) is 2. The Kier molecular flexibility index (Phi) is 10.2. The predicted octanol–water partition coefficient (Wildman–Crippen LogP) is 8.01. The molecule has 0 fully saturated rings. The molecule has 5 aromatic rings. The summed E-state index contributed by atoms with van der Waals surface area (Å²) in [6, 6.07) is 11.6. The van der Waals surface area contributed by atoms with E-state index in [1.807, 2.05) is 5.32 Å². The largest absolute Gasteiger partial charge is 0.480 e. The van der Waals surface area contributed by atoms with Crippen LogP contribution >= 0.6 is 0 Å². The quantitative estimate of drug-likeness (QED) is 0.149. The summed E-state index contributed by atoms with van der Waals surface area (Å²) in [5.74, 6) is -7.28. The van der Waals surface area contributed by atoms with Gasteiger partial charge in [0.1, 0.15) is 36.3 Å². The maximum Gasteiger partial charge on any atom is 0.417 e. The van der Waals surface area contributed by atoms with Crippen molar-refractivity contribution in [3.63, 3.8) is 0 Å². The summed E-state index contributed by atoms with van der Waals surface area (Å²) in [5.41, 5.74) is -5.66. The Bertz CT molecular complexity index is 2260. The monoisotopic (exact) mass is 759 g/mol. The van der Waals surface area contributed by atoms with Crippen molar-refractivity contribution in [1.29, 1.82) is 0 Å². The molecule has 0 aliphatic rings. The van der Waals surface area contributed by atoms with Crippen molar-refractivity contribution >= 4 is 39.2 Å². The number of carboxylic acids is 1. The minimum atomic E-state index is -5.23. The molecule has 0 bridgehead atoms. The number of aliphatic carboxylic acids is 1. The van der Waals surface area contributed by atoms with Crippen LogP contribution in [0, 0.1) is 11.6 Å². The number of hydrogen-bond acceptors (Lipinski definition) is 4. The number of carbonyl (C=O) groups is 2. The number of para-hydroxylation sites is 1. The lowest BCUT2D eigenvalue weighted by atomic mass is 9.90. The van der Waals surface area contributed by atoms with Gasteiger partial charge in [-0.05, 0) is 40.1 Å². The summed E-state index contributed by atoms with van der Waals surface area (Å²) in [5, 5.41) is 11.7. The zero-order chi connectivity index (χ0) is 39.2. The van der Waals surface area contributed by atoms with Gasteiger partial charge in [0.25, 0.3) is 11.5 Å². The number of nitrogens with zero attached hydrogens (tertiary/aromatic N) is 2. The lowest BCUT2D eigenvalue weighted by Gasteiger charge is -2.27. The number of alkyl halides is 9. The number of aryl methyl sites for hydroxylation is 1. The zero-order valence-electron chi connectivity index (χ0n) is 26.9. The van der Waals surface area contributed by atoms with E-state index in [0.717, 1.165) is 4.57 Å². The normalized spacial score (nSPS) is 13.0. The second-order valence-electron chi connectivity index (χ2n) is 11.9. The molecule has 1 heterocycles. The van der Waals surface area contributed by atoms with Gasteiger partial charge in [-0.1, -0.05) is 54.6 Å². The van der Waals surface area contributed by atoms with Gasteiger partial charge in [-0.25, -0.2) is 13.6 Å². The number of nitrogens with one attached hydrogen (secondary N) is 1. The van der Waals surface area contributed by atoms with Crippen LogP contribution in [0.25, 0.3) is 32.8 Å². The Balaban J connectivity index is 1.53. The average Bonchev–Trinajstić information content (AvgIpc) is 3.03. The molecule has 18 heteroatoms. The van der Waals surface area contributed by atoms with Gasteiger partial charge in [-0.15, -0.1) is 0 Å². The molecule has 0 unspecified atom stereocenters. The van der Waals surface area contributed by atoms with Crippen LogP contribution < -0.4 is 15.8 Å². The summed E-state index contributed by atoms with van der Waals surface area (Å²) in [6.45, 7) is -4.50. The zero-order valence-corrected chi connectivity index (χ0v) is 26.9. The van der Waals surface area contributed by atoms with Crippen LogP contribution in [0.2, 0.25) is 0 Å². The van der Waals surface area contributed by atoms with Crippen molar-refractivity contribution in [3.8, 4) is 11.1 Å². The van der Waals surface area contributed by atoms with Gasteiger partial charge in [-0.2, -0.15) is 39.5 Å². The van der Waals surface area contributed by atoms with E-state index in [1.54, 1.807) is 0 Å². The van der Waals surface area contributed by atoms with Crippen molar-refractivity contribution in [2.24, 2.45) is 7.05 Å². The molecule has 0 saturated heterocycles. The molecule has 7 nitrogen and oxygen atoms in total. The Morgan fingerprint density at radius 1 is 0.792 bits per heavy atom. The number of anilines is 1. The van der Waals surface area contributed by atoms with Crippen LogP contribution in [0.4, 0.5) is 54.0 Å². The van der Waals surface area contributed by atoms with Crippen molar-refractivity contribution in [1.82, 2.24) is 9.88 Å². The fourth-order valence-corrected chi connectivity index (χ4v) is 6.09. The molecule has 0 radical (unpaired) electrons. The molecule has 0 spiro atoms. The SMILES string of the molecule is Cn1c(=O)c(-c2cccc3c(C[C@H](NC(=O)c4c(F)cc(N(CC(F)(F)F)CC(F)(F)F)cc4F)C(=O)O)cccc23)c(C(F)(F)F)c2ccccc21. The van der Waals surface area contributed by atoms with E-state index in [-0.39, 0.29) is 44.9 Å². The first-order valence-electron chi connectivity index (χ1n) is 15.2. The first-order valence-corrected chi connectivity index (χ1v) is 15.2. The highest BCUT2D eigenvalue weighted by molar-refractivity contribution is 6.02. The second kappa shape index (κ2) is 14.0. The first-order chi connectivity index (χ1) is 24.6. The number of amides is 1. The van der Waals surface area contributed by atoms with Gasteiger partial charge in [0.05, 0.1) is 16.6 Å². The third kappa shape index (κ3) is 8.20. The highest BCUT2D eigenvalue weighted by Crippen LogP contribution is 2.42. The average molecular weight is 760 g/mol. The highest BCUT2D eigenvalue weighted by Gasteiger charge is 2.40. The molecule has 53 heavy (non-hydrogen) atoms. The molecule has 5 rings (SSSR count). The van der Waals surface area contributed by atoms with E-state index >= 15 is 8.78 Å². The number of aromatic nitrogens is 1. The van der Waals surface area contributed by atoms with Gasteiger partial charge < -0.3 is 19.9 Å². The van der Waals surface area contributed by atoms with E-state index in [9.17, 15) is 59.0 Å². The van der Waals surface area contributed by atoms with Gasteiger partial charge in [0, 0.05) is 24.5 Å². The van der Waals surface area contributed by atoms with Gasteiger partial charge in [0.2, 0.25) is 0 Å². The minimum absolute atomic E-state index is 0.0111. The van der Waals surface area contributed by atoms with Gasteiger partial charge >= 0.3 is 24.5 Å². The molecular formula is C35H24F11N3O4. The highest BCUT2D eigenvalue weighted by atomic mass is 19.4. The summed E-state index contributed by atoms with van der Waals surface area (Å²) >= 11 is 0. The number of carbonyl (C=O) groups excluding carboxylic acids is 1. The van der Waals surface area contributed by atoms with Crippen molar-refractivity contribution in [2.75, 3.05) is 18.0 Å². The van der Waals surface area contributed by atoms with E-state index in [2.05, 4.69) is 0 Å². The van der Waals surface area contributed by atoms with Crippen LogP contribution in [0.15, 0.2) is 77.6 Å². The van der Waals surface area contributed by atoms with Crippen LogP contribution in [0.1, 0.15) is 21.5 Å². The Morgan fingerprint density at radius 3 is 1.91 bits per heavy atom. The standard InChI is InChI=1S/C35H24F11N3O4/c1-48-26-11-3-2-7-22(26)29(35(44,45)46)27(31(48)51)21-10-5-8-19-17(6-4-9-20(19)21)12-25(32(52)53)47-30(50)28-23(36)13-18(14-24(28)37)49(15-33(38,39)40)16-34(41,42)43/h2-11,13-14,25H,12,15-16H2,1H3,(H,47,50)(H,52,53)/t25-/m0/s1. The van der Waals surface area contributed by atoms with Crippen LogP contribution in [-0.2, 0) is 24.4 Å². The van der Waals surface area contributed by atoms with Crippen LogP contribution in [-0.4, -0.2) is 53.0 Å². The van der Waals surface area contributed by atoms with E-state index < -0.39 is 100 Å². The van der Waals surface area contributed by atoms with E-state index in [0.29, 0.717) is 0 Å².